The van der Waals surface area contributed by atoms with E-state index < -0.39 is 5.97 Å². The van der Waals surface area contributed by atoms with Crippen molar-refractivity contribution in [1.29, 1.82) is 0 Å². The SMILES string of the molecule is COc1ccn2c(COc3cccc(O)c3)nc(C(=O)O)c2c1. The zero-order valence-corrected chi connectivity index (χ0v) is 12.3. The van der Waals surface area contributed by atoms with Crippen LogP contribution in [0.15, 0.2) is 42.6 Å². The molecular formula is C16H14N2O5. The van der Waals surface area contributed by atoms with Crippen LogP contribution in [0.2, 0.25) is 0 Å². The van der Waals surface area contributed by atoms with Gasteiger partial charge in [0.1, 0.15) is 23.9 Å². The summed E-state index contributed by atoms with van der Waals surface area (Å²) < 4.78 is 12.3. The number of carboxylic acid groups (broad SMARTS) is 1. The number of methoxy groups -OCH3 is 1. The zero-order chi connectivity index (χ0) is 16.4. The lowest BCUT2D eigenvalue weighted by Gasteiger charge is -2.06. The summed E-state index contributed by atoms with van der Waals surface area (Å²) in [6.45, 7) is 0.0598. The lowest BCUT2D eigenvalue weighted by molar-refractivity contribution is 0.0693. The van der Waals surface area contributed by atoms with Crippen molar-refractivity contribution in [2.24, 2.45) is 0 Å². The number of aromatic hydroxyl groups is 1. The van der Waals surface area contributed by atoms with Gasteiger partial charge in [0.2, 0.25) is 0 Å². The molecule has 0 aliphatic heterocycles. The second-order valence-electron chi connectivity index (χ2n) is 4.79. The van der Waals surface area contributed by atoms with Gasteiger partial charge in [-0.3, -0.25) is 4.40 Å². The van der Waals surface area contributed by atoms with Gasteiger partial charge in [0.05, 0.1) is 12.6 Å². The Labute approximate surface area is 131 Å². The van der Waals surface area contributed by atoms with E-state index in [4.69, 9.17) is 9.47 Å². The van der Waals surface area contributed by atoms with Gasteiger partial charge in [-0.05, 0) is 18.2 Å². The first-order chi connectivity index (χ1) is 11.1. The first-order valence-corrected chi connectivity index (χ1v) is 6.78. The minimum absolute atomic E-state index is 0.0598. The second-order valence-corrected chi connectivity index (χ2v) is 4.79. The van der Waals surface area contributed by atoms with Gasteiger partial charge in [0, 0.05) is 18.3 Å². The number of aromatic carboxylic acids is 1. The van der Waals surface area contributed by atoms with E-state index in [2.05, 4.69) is 4.98 Å². The van der Waals surface area contributed by atoms with E-state index in [1.54, 1.807) is 34.9 Å². The number of nitrogens with zero attached hydrogens (tertiary/aromatic N) is 2. The molecule has 3 rings (SSSR count). The minimum atomic E-state index is -1.13. The Morgan fingerprint density at radius 2 is 2.09 bits per heavy atom. The summed E-state index contributed by atoms with van der Waals surface area (Å²) in [5.74, 6) is 0.404. The maximum absolute atomic E-state index is 11.4. The number of pyridine rings is 1. The number of carboxylic acids is 1. The van der Waals surface area contributed by atoms with Gasteiger partial charge in [0.25, 0.3) is 0 Å². The minimum Gasteiger partial charge on any atom is -0.508 e. The summed E-state index contributed by atoms with van der Waals surface area (Å²) in [6, 6.07) is 9.66. The molecule has 0 atom stereocenters. The third-order valence-electron chi connectivity index (χ3n) is 3.31. The number of hydrogen-bond donors (Lipinski definition) is 2. The third-order valence-corrected chi connectivity index (χ3v) is 3.31. The van der Waals surface area contributed by atoms with Crippen molar-refractivity contribution in [3.05, 3.63) is 54.1 Å². The molecule has 0 saturated carbocycles. The predicted molar refractivity (Wildman–Crippen MR) is 81.1 cm³/mol. The third kappa shape index (κ3) is 2.89. The predicted octanol–water partition coefficient (Wildman–Crippen LogP) is 2.33. The Hall–Kier alpha value is -3.22. The highest BCUT2D eigenvalue weighted by Crippen LogP contribution is 2.22. The van der Waals surface area contributed by atoms with E-state index in [9.17, 15) is 15.0 Å². The van der Waals surface area contributed by atoms with Crippen LogP contribution in [0, 0.1) is 0 Å². The van der Waals surface area contributed by atoms with Crippen LogP contribution in [0.4, 0.5) is 0 Å². The summed E-state index contributed by atoms with van der Waals surface area (Å²) in [7, 11) is 1.51. The molecule has 2 heterocycles. The van der Waals surface area contributed by atoms with Crippen molar-refractivity contribution >= 4 is 11.5 Å². The fourth-order valence-electron chi connectivity index (χ4n) is 2.24. The Morgan fingerprint density at radius 1 is 1.26 bits per heavy atom. The molecule has 2 aromatic heterocycles. The van der Waals surface area contributed by atoms with E-state index in [1.165, 1.54) is 19.2 Å². The van der Waals surface area contributed by atoms with E-state index in [-0.39, 0.29) is 18.1 Å². The van der Waals surface area contributed by atoms with E-state index >= 15 is 0 Å². The zero-order valence-electron chi connectivity index (χ0n) is 12.3. The van der Waals surface area contributed by atoms with Gasteiger partial charge in [-0.15, -0.1) is 0 Å². The molecule has 118 valence electrons. The van der Waals surface area contributed by atoms with Crippen LogP contribution in [0.25, 0.3) is 5.52 Å². The summed E-state index contributed by atoms with van der Waals surface area (Å²) in [6.07, 6.45) is 1.68. The van der Waals surface area contributed by atoms with Crippen LogP contribution in [0.3, 0.4) is 0 Å². The number of carbonyl (C=O) groups is 1. The molecule has 0 saturated heterocycles. The standard InChI is InChI=1S/C16H14N2O5/c1-22-11-5-6-18-13(8-11)15(16(20)21)17-14(18)9-23-12-4-2-3-10(19)7-12/h2-8,19H,9H2,1H3,(H,20,21). The first kappa shape index (κ1) is 14.7. The molecule has 0 bridgehead atoms. The molecule has 0 aliphatic rings. The van der Waals surface area contributed by atoms with Gasteiger partial charge < -0.3 is 19.7 Å². The number of benzene rings is 1. The molecule has 7 heteroatoms. The lowest BCUT2D eigenvalue weighted by atomic mass is 10.3. The topological polar surface area (TPSA) is 93.3 Å². The Balaban J connectivity index is 1.95. The van der Waals surface area contributed by atoms with Gasteiger partial charge in [-0.2, -0.15) is 0 Å². The van der Waals surface area contributed by atoms with Gasteiger partial charge in [-0.1, -0.05) is 6.07 Å². The average molecular weight is 314 g/mol. The molecule has 2 N–H and O–H groups in total. The van der Waals surface area contributed by atoms with Crippen molar-refractivity contribution in [1.82, 2.24) is 9.38 Å². The molecule has 0 aliphatic carbocycles. The largest absolute Gasteiger partial charge is 0.508 e. The second kappa shape index (κ2) is 5.88. The van der Waals surface area contributed by atoms with Crippen molar-refractivity contribution in [3.63, 3.8) is 0 Å². The Kier molecular flexibility index (Phi) is 3.76. The fourth-order valence-corrected chi connectivity index (χ4v) is 2.24. The molecule has 0 radical (unpaired) electrons. The van der Waals surface area contributed by atoms with E-state index in [1.807, 2.05) is 0 Å². The normalized spacial score (nSPS) is 10.7. The molecule has 0 spiro atoms. The molecule has 1 aromatic carbocycles. The van der Waals surface area contributed by atoms with Crippen LogP contribution in [-0.4, -0.2) is 32.7 Å². The Morgan fingerprint density at radius 3 is 2.78 bits per heavy atom. The average Bonchev–Trinajstić information content (AvgIpc) is 2.91. The summed E-state index contributed by atoms with van der Waals surface area (Å²) in [5.41, 5.74) is 0.352. The van der Waals surface area contributed by atoms with Crippen molar-refractivity contribution in [2.45, 2.75) is 6.61 Å². The maximum Gasteiger partial charge on any atom is 0.356 e. The monoisotopic (exact) mass is 314 g/mol. The van der Waals surface area contributed by atoms with Crippen molar-refractivity contribution in [2.75, 3.05) is 7.11 Å². The highest BCUT2D eigenvalue weighted by atomic mass is 16.5. The molecule has 0 amide bonds. The molecule has 23 heavy (non-hydrogen) atoms. The van der Waals surface area contributed by atoms with Gasteiger partial charge >= 0.3 is 5.97 Å². The number of phenols is 1. The quantitative estimate of drug-likeness (QED) is 0.751. The summed E-state index contributed by atoms with van der Waals surface area (Å²) in [4.78, 5) is 15.5. The number of imidazole rings is 1. The lowest BCUT2D eigenvalue weighted by Crippen LogP contribution is -2.01. The van der Waals surface area contributed by atoms with E-state index in [0.29, 0.717) is 22.8 Å². The highest BCUT2D eigenvalue weighted by molar-refractivity contribution is 5.94. The number of aromatic nitrogens is 2. The van der Waals surface area contributed by atoms with Crippen LogP contribution in [0.5, 0.6) is 17.2 Å². The number of rotatable bonds is 5. The summed E-state index contributed by atoms with van der Waals surface area (Å²) >= 11 is 0. The molecular weight excluding hydrogens is 300 g/mol. The Bertz CT molecular complexity index is 872. The van der Waals surface area contributed by atoms with Crippen molar-refractivity contribution < 1.29 is 24.5 Å². The first-order valence-electron chi connectivity index (χ1n) is 6.78. The summed E-state index contributed by atoms with van der Waals surface area (Å²) in [5, 5.41) is 18.7. The molecule has 7 nitrogen and oxygen atoms in total. The van der Waals surface area contributed by atoms with Crippen molar-refractivity contribution in [3.8, 4) is 17.2 Å². The molecule has 3 aromatic rings. The van der Waals surface area contributed by atoms with Crippen LogP contribution < -0.4 is 9.47 Å². The number of phenolic OH excluding ortho intramolecular Hbond substituents is 1. The number of ether oxygens (including phenoxy) is 2. The van der Waals surface area contributed by atoms with Gasteiger partial charge in [-0.25, -0.2) is 9.78 Å². The number of hydrogen-bond acceptors (Lipinski definition) is 5. The van der Waals surface area contributed by atoms with Crippen LogP contribution in [-0.2, 0) is 6.61 Å². The molecule has 0 fully saturated rings. The smallest absolute Gasteiger partial charge is 0.356 e. The van der Waals surface area contributed by atoms with Crippen LogP contribution >= 0.6 is 0 Å². The fraction of sp³-hybridized carbons (Fsp3) is 0.125. The van der Waals surface area contributed by atoms with Crippen LogP contribution in [0.1, 0.15) is 16.3 Å². The highest BCUT2D eigenvalue weighted by Gasteiger charge is 2.17. The number of fused-ring (bicyclic) bond motifs is 1. The van der Waals surface area contributed by atoms with Gasteiger partial charge in [0.15, 0.2) is 11.5 Å². The maximum atomic E-state index is 11.4. The molecule has 0 unspecified atom stereocenters. The van der Waals surface area contributed by atoms with E-state index in [0.717, 1.165) is 0 Å².